The second-order valence-corrected chi connectivity index (χ2v) is 6.41. The highest BCUT2D eigenvalue weighted by Gasteiger charge is 2.30. The quantitative estimate of drug-likeness (QED) is 0.785. The molecule has 0 saturated heterocycles. The normalized spacial score (nSPS) is 10.8. The highest BCUT2D eigenvalue weighted by atomic mass is 32.2. The van der Waals surface area contributed by atoms with E-state index in [1.165, 1.54) is 32.2 Å². The number of ether oxygens (including phenoxy) is 2. The second-order valence-electron chi connectivity index (χ2n) is 4.60. The molecular formula is C14H14N4O6S. The number of rotatable bonds is 4. The number of nitrogens with one attached hydrogen (secondary N) is 1. The lowest BCUT2D eigenvalue weighted by molar-refractivity contribution is 0.0596. The van der Waals surface area contributed by atoms with Crippen LogP contribution in [0.25, 0.3) is 0 Å². The molecule has 1 aromatic heterocycles. The van der Waals surface area contributed by atoms with Gasteiger partial charge in [0.15, 0.2) is 0 Å². The van der Waals surface area contributed by atoms with Gasteiger partial charge in [-0.3, -0.25) is 10.1 Å². The summed E-state index contributed by atoms with van der Waals surface area (Å²) in [6.45, 7) is 1.51. The minimum atomic E-state index is -4.55. The van der Waals surface area contributed by atoms with E-state index in [0.717, 1.165) is 13.2 Å². The molecule has 0 fully saturated rings. The van der Waals surface area contributed by atoms with Crippen LogP contribution in [0.3, 0.4) is 0 Å². The van der Waals surface area contributed by atoms with E-state index in [9.17, 15) is 18.0 Å². The number of esters is 1. The summed E-state index contributed by atoms with van der Waals surface area (Å²) in [7, 11) is -2.14. The molecule has 0 aliphatic rings. The summed E-state index contributed by atoms with van der Waals surface area (Å²) in [5, 5.41) is 0.653. The van der Waals surface area contributed by atoms with Crippen molar-refractivity contribution in [1.82, 2.24) is 15.0 Å². The van der Waals surface area contributed by atoms with Gasteiger partial charge < -0.3 is 9.47 Å². The number of aromatic nitrogens is 3. The number of hydrogen-bond donors (Lipinski definition) is 1. The molecule has 0 atom stereocenters. The van der Waals surface area contributed by atoms with Gasteiger partial charge in [0.05, 0.1) is 24.7 Å². The molecule has 1 N–H and O–H groups in total. The first-order valence-corrected chi connectivity index (χ1v) is 8.28. The number of sulfone groups is 1. The van der Waals surface area contributed by atoms with Gasteiger partial charge in [-0.05, 0) is 19.1 Å². The fourth-order valence-electron chi connectivity index (χ4n) is 1.84. The third-order valence-corrected chi connectivity index (χ3v) is 4.47. The Morgan fingerprint density at radius 2 is 1.76 bits per heavy atom. The van der Waals surface area contributed by atoms with Crippen molar-refractivity contribution in [3.05, 3.63) is 35.7 Å². The van der Waals surface area contributed by atoms with E-state index in [0.29, 0.717) is 0 Å². The fraction of sp³-hybridized carbons (Fsp3) is 0.214. The maximum atomic E-state index is 12.5. The SMILES string of the molecule is COC(=O)c1ccccc1S(=O)(=O)C(=O)Nc1nc(C)nc(OC)n1. The van der Waals surface area contributed by atoms with Crippen molar-refractivity contribution >= 4 is 27.0 Å². The van der Waals surface area contributed by atoms with E-state index in [-0.39, 0.29) is 23.3 Å². The lowest BCUT2D eigenvalue weighted by atomic mass is 10.2. The summed E-state index contributed by atoms with van der Waals surface area (Å²) in [5.41, 5.74) is -0.260. The summed E-state index contributed by atoms with van der Waals surface area (Å²) in [4.78, 5) is 34.8. The zero-order valence-corrected chi connectivity index (χ0v) is 14.3. The lowest BCUT2D eigenvalue weighted by Gasteiger charge is -2.09. The van der Waals surface area contributed by atoms with Gasteiger partial charge in [-0.1, -0.05) is 12.1 Å². The molecule has 0 aliphatic carbocycles. The van der Waals surface area contributed by atoms with Crippen LogP contribution in [0.1, 0.15) is 16.2 Å². The first-order valence-electron chi connectivity index (χ1n) is 6.79. The van der Waals surface area contributed by atoms with Gasteiger partial charge in [-0.15, -0.1) is 0 Å². The summed E-state index contributed by atoms with van der Waals surface area (Å²) in [6.07, 6.45) is 0. The summed E-state index contributed by atoms with van der Waals surface area (Å²) >= 11 is 0. The van der Waals surface area contributed by atoms with Crippen molar-refractivity contribution in [3.8, 4) is 6.01 Å². The average Bonchev–Trinajstić information content (AvgIpc) is 2.60. The highest BCUT2D eigenvalue weighted by Crippen LogP contribution is 2.20. The smallest absolute Gasteiger partial charge is 0.348 e. The topological polar surface area (TPSA) is 137 Å². The molecule has 0 aliphatic heterocycles. The van der Waals surface area contributed by atoms with Crippen molar-refractivity contribution in [3.63, 3.8) is 0 Å². The monoisotopic (exact) mass is 366 g/mol. The molecule has 25 heavy (non-hydrogen) atoms. The Bertz CT molecular complexity index is 929. The minimum Gasteiger partial charge on any atom is -0.467 e. The lowest BCUT2D eigenvalue weighted by Crippen LogP contribution is -2.25. The number of carbonyl (C=O) groups excluding carboxylic acids is 2. The Labute approximate surface area is 143 Å². The number of carbonyl (C=O) groups is 2. The highest BCUT2D eigenvalue weighted by molar-refractivity contribution is 8.06. The molecule has 1 aromatic carbocycles. The second kappa shape index (κ2) is 7.21. The molecule has 1 heterocycles. The number of methoxy groups -OCH3 is 2. The Morgan fingerprint density at radius 1 is 1.08 bits per heavy atom. The van der Waals surface area contributed by atoms with Crippen LogP contribution in [-0.2, 0) is 14.6 Å². The maximum absolute atomic E-state index is 12.5. The molecule has 0 saturated carbocycles. The number of benzene rings is 1. The van der Waals surface area contributed by atoms with Gasteiger partial charge in [0.1, 0.15) is 5.82 Å². The van der Waals surface area contributed by atoms with Gasteiger partial charge >= 0.3 is 17.2 Å². The molecule has 1 amide bonds. The molecule has 0 spiro atoms. The largest absolute Gasteiger partial charge is 0.467 e. The van der Waals surface area contributed by atoms with E-state index in [1.54, 1.807) is 0 Å². The van der Waals surface area contributed by atoms with E-state index in [1.807, 2.05) is 0 Å². The van der Waals surface area contributed by atoms with Crippen molar-refractivity contribution < 1.29 is 27.5 Å². The zero-order valence-electron chi connectivity index (χ0n) is 13.5. The van der Waals surface area contributed by atoms with Crippen molar-refractivity contribution in [2.24, 2.45) is 0 Å². The van der Waals surface area contributed by atoms with Gasteiger partial charge in [-0.2, -0.15) is 15.0 Å². The number of nitrogens with zero attached hydrogens (tertiary/aromatic N) is 3. The fourth-order valence-corrected chi connectivity index (χ4v) is 2.97. The van der Waals surface area contributed by atoms with E-state index >= 15 is 0 Å². The van der Waals surface area contributed by atoms with Gasteiger partial charge in [0.25, 0.3) is 9.84 Å². The number of aryl methyl sites for hydroxylation is 1. The number of anilines is 1. The van der Waals surface area contributed by atoms with Crippen LogP contribution in [0.15, 0.2) is 29.2 Å². The third-order valence-electron chi connectivity index (χ3n) is 2.95. The van der Waals surface area contributed by atoms with Gasteiger partial charge in [0.2, 0.25) is 5.95 Å². The predicted molar refractivity (Wildman–Crippen MR) is 85.1 cm³/mol. The molecular weight excluding hydrogens is 352 g/mol. The van der Waals surface area contributed by atoms with Crippen LogP contribution in [0.4, 0.5) is 10.7 Å². The minimum absolute atomic E-state index is 0.0878. The van der Waals surface area contributed by atoms with Crippen LogP contribution in [0.2, 0.25) is 0 Å². The first-order chi connectivity index (χ1) is 11.8. The van der Waals surface area contributed by atoms with E-state index in [4.69, 9.17) is 4.74 Å². The molecule has 0 unspecified atom stereocenters. The van der Waals surface area contributed by atoms with Crippen molar-refractivity contribution in [2.75, 3.05) is 19.5 Å². The maximum Gasteiger partial charge on any atom is 0.348 e. The van der Waals surface area contributed by atoms with Crippen LogP contribution < -0.4 is 10.1 Å². The summed E-state index contributed by atoms with van der Waals surface area (Å²) in [5.74, 6) is -0.965. The molecule has 2 rings (SSSR count). The summed E-state index contributed by atoms with van der Waals surface area (Å²) in [6, 6.07) is 5.10. The Morgan fingerprint density at radius 3 is 2.40 bits per heavy atom. The van der Waals surface area contributed by atoms with Crippen LogP contribution >= 0.6 is 0 Å². The van der Waals surface area contributed by atoms with Crippen LogP contribution in [0, 0.1) is 6.92 Å². The Kier molecular flexibility index (Phi) is 5.27. The Balaban J connectivity index is 2.39. The molecule has 132 valence electrons. The molecule has 0 bridgehead atoms. The van der Waals surface area contributed by atoms with Crippen molar-refractivity contribution in [2.45, 2.75) is 11.8 Å². The van der Waals surface area contributed by atoms with E-state index < -0.39 is 25.9 Å². The molecule has 11 heteroatoms. The first kappa shape index (κ1) is 18.3. The van der Waals surface area contributed by atoms with Gasteiger partial charge in [-0.25, -0.2) is 13.2 Å². The van der Waals surface area contributed by atoms with Gasteiger partial charge in [0, 0.05) is 0 Å². The number of hydrogen-bond acceptors (Lipinski definition) is 9. The van der Waals surface area contributed by atoms with E-state index in [2.05, 4.69) is 25.0 Å². The van der Waals surface area contributed by atoms with Crippen molar-refractivity contribution in [1.29, 1.82) is 0 Å². The molecule has 2 aromatic rings. The molecule has 0 radical (unpaired) electrons. The third kappa shape index (κ3) is 3.88. The average molecular weight is 366 g/mol. The standard InChI is InChI=1S/C14H14N4O6S/c1-8-15-12(17-13(16-8)24-3)18-14(20)25(21,22)10-7-5-4-6-9(10)11(19)23-2/h4-7H,1-3H3,(H,15,16,17,18,20). The van der Waals surface area contributed by atoms with Crippen LogP contribution in [0.5, 0.6) is 6.01 Å². The predicted octanol–water partition coefficient (Wildman–Crippen LogP) is 0.981. The zero-order chi connectivity index (χ0) is 18.6. The van der Waals surface area contributed by atoms with Crippen LogP contribution in [-0.4, -0.2) is 48.8 Å². The molecule has 10 nitrogen and oxygen atoms in total. The summed E-state index contributed by atoms with van der Waals surface area (Å²) < 4.78 is 34.3. The number of amides is 1. The Hall–Kier alpha value is -3.08.